The standard InChI is InChI=1S/C12H20N4O/c1-17-7-3-2-6-14-11-8-10(13)15-12(16-11)9-4-5-9/h8-9H,2-7H2,1H3,(H3,13,14,15,16). The van der Waals surface area contributed by atoms with Crippen molar-refractivity contribution in [1.29, 1.82) is 0 Å². The number of anilines is 2. The zero-order valence-electron chi connectivity index (χ0n) is 10.3. The van der Waals surface area contributed by atoms with Crippen LogP contribution in [0.5, 0.6) is 0 Å². The van der Waals surface area contributed by atoms with Gasteiger partial charge in [0, 0.05) is 32.2 Å². The van der Waals surface area contributed by atoms with Crippen molar-refractivity contribution in [2.75, 3.05) is 31.3 Å². The van der Waals surface area contributed by atoms with Crippen molar-refractivity contribution in [3.63, 3.8) is 0 Å². The van der Waals surface area contributed by atoms with Crippen LogP contribution in [0, 0.1) is 0 Å². The second-order valence-corrected chi connectivity index (χ2v) is 4.44. The van der Waals surface area contributed by atoms with Gasteiger partial charge in [-0.25, -0.2) is 9.97 Å². The number of nitrogens with two attached hydrogens (primary N) is 1. The Morgan fingerprint density at radius 1 is 1.41 bits per heavy atom. The quantitative estimate of drug-likeness (QED) is 0.706. The minimum absolute atomic E-state index is 0.535. The van der Waals surface area contributed by atoms with E-state index in [4.69, 9.17) is 10.5 Å². The summed E-state index contributed by atoms with van der Waals surface area (Å²) >= 11 is 0. The van der Waals surface area contributed by atoms with Crippen LogP contribution in [0.15, 0.2) is 6.07 Å². The number of hydrogen-bond acceptors (Lipinski definition) is 5. The van der Waals surface area contributed by atoms with E-state index < -0.39 is 0 Å². The molecule has 1 aliphatic carbocycles. The molecular weight excluding hydrogens is 216 g/mol. The summed E-state index contributed by atoms with van der Waals surface area (Å²) in [4.78, 5) is 8.74. The summed E-state index contributed by atoms with van der Waals surface area (Å²) in [5.41, 5.74) is 5.77. The van der Waals surface area contributed by atoms with Crippen molar-refractivity contribution in [2.45, 2.75) is 31.6 Å². The van der Waals surface area contributed by atoms with Crippen LogP contribution in [0.25, 0.3) is 0 Å². The van der Waals surface area contributed by atoms with Crippen LogP contribution in [0.2, 0.25) is 0 Å². The molecule has 5 heteroatoms. The van der Waals surface area contributed by atoms with E-state index in [1.165, 1.54) is 12.8 Å². The molecule has 1 heterocycles. The molecule has 0 unspecified atom stereocenters. The highest BCUT2D eigenvalue weighted by Gasteiger charge is 2.27. The lowest BCUT2D eigenvalue weighted by atomic mass is 10.3. The van der Waals surface area contributed by atoms with Gasteiger partial charge in [0.05, 0.1) is 0 Å². The summed E-state index contributed by atoms with van der Waals surface area (Å²) in [6.45, 7) is 1.70. The van der Waals surface area contributed by atoms with Gasteiger partial charge < -0.3 is 15.8 Å². The Bertz CT molecular complexity index is 366. The van der Waals surface area contributed by atoms with Crippen LogP contribution in [-0.2, 0) is 4.74 Å². The van der Waals surface area contributed by atoms with E-state index in [0.29, 0.717) is 11.7 Å². The van der Waals surface area contributed by atoms with Gasteiger partial charge in [-0.15, -0.1) is 0 Å². The molecule has 1 fully saturated rings. The van der Waals surface area contributed by atoms with Gasteiger partial charge in [-0.1, -0.05) is 0 Å². The van der Waals surface area contributed by atoms with E-state index in [1.807, 2.05) is 0 Å². The summed E-state index contributed by atoms with van der Waals surface area (Å²) in [6, 6.07) is 1.79. The first-order valence-corrected chi connectivity index (χ1v) is 6.17. The van der Waals surface area contributed by atoms with E-state index in [1.54, 1.807) is 13.2 Å². The van der Waals surface area contributed by atoms with Crippen molar-refractivity contribution in [2.24, 2.45) is 0 Å². The number of unbranched alkanes of at least 4 members (excludes halogenated alkanes) is 1. The maximum absolute atomic E-state index is 5.77. The van der Waals surface area contributed by atoms with Gasteiger partial charge in [0.25, 0.3) is 0 Å². The Kier molecular flexibility index (Phi) is 4.14. The predicted molar refractivity (Wildman–Crippen MR) is 68.0 cm³/mol. The Morgan fingerprint density at radius 2 is 2.24 bits per heavy atom. The first-order chi connectivity index (χ1) is 8.29. The van der Waals surface area contributed by atoms with Crippen LogP contribution in [0.4, 0.5) is 11.6 Å². The van der Waals surface area contributed by atoms with Gasteiger partial charge in [0.2, 0.25) is 0 Å². The summed E-state index contributed by atoms with van der Waals surface area (Å²) in [6.07, 6.45) is 4.50. The molecule has 0 atom stereocenters. The predicted octanol–water partition coefficient (Wildman–Crippen LogP) is 1.77. The third kappa shape index (κ3) is 3.85. The van der Waals surface area contributed by atoms with Gasteiger partial charge in [0.15, 0.2) is 0 Å². The summed E-state index contributed by atoms with van der Waals surface area (Å²) < 4.78 is 5.00. The van der Waals surface area contributed by atoms with Crippen LogP contribution in [-0.4, -0.2) is 30.2 Å². The van der Waals surface area contributed by atoms with Gasteiger partial charge >= 0.3 is 0 Å². The number of rotatable bonds is 7. The highest BCUT2D eigenvalue weighted by molar-refractivity contribution is 5.45. The monoisotopic (exact) mass is 236 g/mol. The normalized spacial score (nSPS) is 14.9. The van der Waals surface area contributed by atoms with Crippen LogP contribution in [0.3, 0.4) is 0 Å². The van der Waals surface area contributed by atoms with E-state index >= 15 is 0 Å². The molecule has 94 valence electrons. The fraction of sp³-hybridized carbons (Fsp3) is 0.667. The van der Waals surface area contributed by atoms with Crippen molar-refractivity contribution >= 4 is 11.6 Å². The smallest absolute Gasteiger partial charge is 0.136 e. The molecule has 0 bridgehead atoms. The minimum atomic E-state index is 0.535. The highest BCUT2D eigenvalue weighted by atomic mass is 16.5. The van der Waals surface area contributed by atoms with Crippen molar-refractivity contribution in [3.05, 3.63) is 11.9 Å². The Labute approximate surface area is 102 Å². The highest BCUT2D eigenvalue weighted by Crippen LogP contribution is 2.38. The molecule has 0 spiro atoms. The molecule has 0 aromatic carbocycles. The lowest BCUT2D eigenvalue weighted by Crippen LogP contribution is -2.08. The van der Waals surface area contributed by atoms with E-state index in [9.17, 15) is 0 Å². The van der Waals surface area contributed by atoms with Gasteiger partial charge in [-0.05, 0) is 25.7 Å². The molecule has 17 heavy (non-hydrogen) atoms. The summed E-state index contributed by atoms with van der Waals surface area (Å²) in [5.74, 6) is 2.83. The lowest BCUT2D eigenvalue weighted by Gasteiger charge is -2.07. The number of nitrogens with one attached hydrogen (secondary N) is 1. The fourth-order valence-corrected chi connectivity index (χ4v) is 1.69. The molecule has 0 aliphatic heterocycles. The number of nitrogens with zero attached hydrogens (tertiary/aromatic N) is 2. The third-order valence-electron chi connectivity index (χ3n) is 2.79. The van der Waals surface area contributed by atoms with Crippen LogP contribution < -0.4 is 11.1 Å². The van der Waals surface area contributed by atoms with Crippen molar-refractivity contribution < 1.29 is 4.74 Å². The average molecular weight is 236 g/mol. The molecule has 1 aliphatic rings. The number of methoxy groups -OCH3 is 1. The van der Waals surface area contributed by atoms with Crippen LogP contribution >= 0.6 is 0 Å². The largest absolute Gasteiger partial charge is 0.385 e. The minimum Gasteiger partial charge on any atom is -0.385 e. The average Bonchev–Trinajstić information content (AvgIpc) is 3.12. The molecule has 2 rings (SSSR count). The maximum Gasteiger partial charge on any atom is 0.136 e. The van der Waals surface area contributed by atoms with Gasteiger partial charge in [0.1, 0.15) is 17.5 Å². The molecule has 0 radical (unpaired) electrons. The number of hydrogen-bond donors (Lipinski definition) is 2. The van der Waals surface area contributed by atoms with E-state index in [2.05, 4.69) is 15.3 Å². The van der Waals surface area contributed by atoms with Crippen molar-refractivity contribution in [1.82, 2.24) is 9.97 Å². The summed E-state index contributed by atoms with van der Waals surface area (Å²) in [5, 5.41) is 3.28. The Morgan fingerprint density at radius 3 is 2.94 bits per heavy atom. The van der Waals surface area contributed by atoms with Gasteiger partial charge in [-0.3, -0.25) is 0 Å². The zero-order valence-corrected chi connectivity index (χ0v) is 10.3. The molecule has 1 aromatic heterocycles. The fourth-order valence-electron chi connectivity index (χ4n) is 1.69. The topological polar surface area (TPSA) is 73.1 Å². The maximum atomic E-state index is 5.77. The number of ether oxygens (including phenoxy) is 1. The Balaban J connectivity index is 1.82. The third-order valence-corrected chi connectivity index (χ3v) is 2.79. The zero-order chi connectivity index (χ0) is 12.1. The van der Waals surface area contributed by atoms with E-state index in [0.717, 1.165) is 37.6 Å². The summed E-state index contributed by atoms with van der Waals surface area (Å²) in [7, 11) is 1.72. The molecular formula is C12H20N4O. The molecule has 0 saturated heterocycles. The second kappa shape index (κ2) is 5.82. The SMILES string of the molecule is COCCCCNc1cc(N)nc(C2CC2)n1. The van der Waals surface area contributed by atoms with Gasteiger partial charge in [-0.2, -0.15) is 0 Å². The van der Waals surface area contributed by atoms with Crippen LogP contribution in [0.1, 0.15) is 37.4 Å². The molecule has 5 nitrogen and oxygen atoms in total. The lowest BCUT2D eigenvalue weighted by molar-refractivity contribution is 0.194. The molecule has 0 amide bonds. The number of aromatic nitrogens is 2. The molecule has 1 saturated carbocycles. The molecule has 1 aromatic rings. The molecule has 3 N–H and O–H groups in total. The first-order valence-electron chi connectivity index (χ1n) is 6.17. The van der Waals surface area contributed by atoms with Crippen molar-refractivity contribution in [3.8, 4) is 0 Å². The first kappa shape index (κ1) is 12.1. The Hall–Kier alpha value is -1.36. The number of nitrogen functional groups attached to an aromatic ring is 1. The van der Waals surface area contributed by atoms with E-state index in [-0.39, 0.29) is 0 Å². The second-order valence-electron chi connectivity index (χ2n) is 4.44.